The van der Waals surface area contributed by atoms with Crippen LogP contribution in [0.4, 0.5) is 17.6 Å². The summed E-state index contributed by atoms with van der Waals surface area (Å²) in [7, 11) is 0. The molecular formula is C12H13F4NO. The van der Waals surface area contributed by atoms with Crippen LogP contribution in [0.3, 0.4) is 0 Å². The maximum absolute atomic E-state index is 12.7. The molecule has 0 heterocycles. The lowest BCUT2D eigenvalue weighted by atomic mass is 10.1. The van der Waals surface area contributed by atoms with E-state index in [9.17, 15) is 22.4 Å². The molecule has 0 aliphatic rings. The van der Waals surface area contributed by atoms with Gasteiger partial charge in [0.2, 0.25) is 5.91 Å². The number of hydrogen-bond donors (Lipinski definition) is 0. The summed E-state index contributed by atoms with van der Waals surface area (Å²) >= 11 is 0. The fraction of sp³-hybridized carbons (Fsp3) is 0.417. The highest BCUT2D eigenvalue weighted by atomic mass is 19.4. The van der Waals surface area contributed by atoms with Crippen molar-refractivity contribution in [3.05, 3.63) is 35.6 Å². The predicted molar refractivity (Wildman–Crippen MR) is 58.1 cm³/mol. The molecule has 1 rings (SSSR count). The maximum Gasteiger partial charge on any atom is 0.408 e. The lowest BCUT2D eigenvalue weighted by Crippen LogP contribution is -2.45. The minimum absolute atomic E-state index is 0.198. The van der Waals surface area contributed by atoms with Gasteiger partial charge in [-0.25, -0.2) is 4.39 Å². The molecule has 18 heavy (non-hydrogen) atoms. The molecule has 1 aromatic rings. The largest absolute Gasteiger partial charge is 0.408 e. The Hall–Kier alpha value is -1.59. The van der Waals surface area contributed by atoms with Crippen LogP contribution in [0.2, 0.25) is 0 Å². The number of alkyl halides is 3. The van der Waals surface area contributed by atoms with Gasteiger partial charge in [-0.1, -0.05) is 12.1 Å². The quantitative estimate of drug-likeness (QED) is 0.767. The summed E-state index contributed by atoms with van der Waals surface area (Å²) in [5, 5.41) is 0. The molecule has 0 spiro atoms. The Morgan fingerprint density at radius 3 is 2.17 bits per heavy atom. The molecule has 0 aromatic heterocycles. The van der Waals surface area contributed by atoms with Crippen molar-refractivity contribution in [3.8, 4) is 0 Å². The van der Waals surface area contributed by atoms with E-state index in [1.165, 1.54) is 12.1 Å². The molecule has 0 saturated heterocycles. The highest BCUT2D eigenvalue weighted by molar-refractivity contribution is 5.73. The molecule has 1 aromatic carbocycles. The zero-order valence-corrected chi connectivity index (χ0v) is 9.96. The van der Waals surface area contributed by atoms with E-state index in [1.54, 1.807) is 0 Å². The second-order valence-corrected chi connectivity index (χ2v) is 3.99. The van der Waals surface area contributed by atoms with Gasteiger partial charge < -0.3 is 4.90 Å². The third-order valence-electron chi connectivity index (χ3n) is 2.61. The fourth-order valence-corrected chi connectivity index (χ4v) is 1.48. The van der Waals surface area contributed by atoms with Crippen LogP contribution in [-0.4, -0.2) is 23.0 Å². The predicted octanol–water partition coefficient (Wildman–Crippen LogP) is 3.13. The molecule has 6 heteroatoms. The smallest absolute Gasteiger partial charge is 0.327 e. The first-order chi connectivity index (χ1) is 8.21. The standard InChI is InChI=1S/C12H13F4NO/c1-8(12(14,15)16)17(9(2)18)7-10-3-5-11(13)6-4-10/h3-6,8H,7H2,1-2H3. The topological polar surface area (TPSA) is 20.3 Å². The number of hydrogen-bond acceptors (Lipinski definition) is 1. The van der Waals surface area contributed by atoms with Crippen molar-refractivity contribution in [1.29, 1.82) is 0 Å². The van der Waals surface area contributed by atoms with Gasteiger partial charge in [0.1, 0.15) is 11.9 Å². The monoisotopic (exact) mass is 263 g/mol. The molecule has 0 N–H and O–H groups in total. The first kappa shape index (κ1) is 14.5. The van der Waals surface area contributed by atoms with Crippen LogP contribution in [0, 0.1) is 5.82 Å². The maximum atomic E-state index is 12.7. The van der Waals surface area contributed by atoms with Gasteiger partial charge in [-0.05, 0) is 24.6 Å². The van der Waals surface area contributed by atoms with Crippen molar-refractivity contribution >= 4 is 5.91 Å². The van der Waals surface area contributed by atoms with Gasteiger partial charge >= 0.3 is 6.18 Å². The van der Waals surface area contributed by atoms with Crippen molar-refractivity contribution in [2.75, 3.05) is 0 Å². The Balaban J connectivity index is 2.88. The summed E-state index contributed by atoms with van der Waals surface area (Å²) in [6.07, 6.45) is -4.48. The van der Waals surface area contributed by atoms with Crippen molar-refractivity contribution in [3.63, 3.8) is 0 Å². The van der Waals surface area contributed by atoms with E-state index in [0.29, 0.717) is 10.5 Å². The molecule has 0 bridgehead atoms. The van der Waals surface area contributed by atoms with Crippen LogP contribution in [0.25, 0.3) is 0 Å². The summed E-state index contributed by atoms with van der Waals surface area (Å²) in [5.74, 6) is -1.15. The minimum atomic E-state index is -4.48. The number of halogens is 4. The molecule has 2 nitrogen and oxygen atoms in total. The van der Waals surface area contributed by atoms with Gasteiger partial charge in [0.15, 0.2) is 0 Å². The summed E-state index contributed by atoms with van der Waals surface area (Å²) < 4.78 is 50.4. The molecule has 0 radical (unpaired) electrons. The van der Waals surface area contributed by atoms with Crippen LogP contribution < -0.4 is 0 Å². The number of benzene rings is 1. The van der Waals surface area contributed by atoms with Crippen molar-refractivity contribution in [2.45, 2.75) is 32.6 Å². The summed E-state index contributed by atoms with van der Waals surface area (Å²) in [5.41, 5.74) is 0.447. The van der Waals surface area contributed by atoms with E-state index in [-0.39, 0.29) is 6.54 Å². The molecular weight excluding hydrogens is 250 g/mol. The van der Waals surface area contributed by atoms with Crippen molar-refractivity contribution < 1.29 is 22.4 Å². The zero-order valence-electron chi connectivity index (χ0n) is 9.96. The van der Waals surface area contributed by atoms with Gasteiger partial charge in [-0.15, -0.1) is 0 Å². The minimum Gasteiger partial charge on any atom is -0.327 e. The van der Waals surface area contributed by atoms with Crippen LogP contribution in [0.5, 0.6) is 0 Å². The van der Waals surface area contributed by atoms with Crippen LogP contribution >= 0.6 is 0 Å². The number of carbonyl (C=O) groups excluding carboxylic acids is 1. The average molecular weight is 263 g/mol. The van der Waals surface area contributed by atoms with Crippen LogP contribution in [0.1, 0.15) is 19.4 Å². The Labute approximate surface area is 102 Å². The lowest BCUT2D eigenvalue weighted by Gasteiger charge is -2.29. The van der Waals surface area contributed by atoms with E-state index in [4.69, 9.17) is 0 Å². The summed E-state index contributed by atoms with van der Waals surface area (Å²) in [6, 6.07) is 3.13. The highest BCUT2D eigenvalue weighted by Crippen LogP contribution is 2.25. The zero-order chi connectivity index (χ0) is 13.9. The van der Waals surface area contributed by atoms with E-state index in [2.05, 4.69) is 0 Å². The van der Waals surface area contributed by atoms with Crippen LogP contribution in [0.15, 0.2) is 24.3 Å². The second-order valence-electron chi connectivity index (χ2n) is 3.99. The van der Waals surface area contributed by atoms with Gasteiger partial charge in [0, 0.05) is 13.5 Å². The van der Waals surface area contributed by atoms with E-state index in [1.807, 2.05) is 0 Å². The number of nitrogens with zero attached hydrogens (tertiary/aromatic N) is 1. The van der Waals surface area contributed by atoms with E-state index < -0.39 is 23.9 Å². The average Bonchev–Trinajstić information content (AvgIpc) is 2.25. The molecule has 0 aliphatic heterocycles. The van der Waals surface area contributed by atoms with Gasteiger partial charge in [0.05, 0.1) is 0 Å². The third kappa shape index (κ3) is 3.72. The van der Waals surface area contributed by atoms with E-state index in [0.717, 1.165) is 26.0 Å². The van der Waals surface area contributed by atoms with Gasteiger partial charge in [0.25, 0.3) is 0 Å². The Kier molecular flexibility index (Phi) is 4.32. The molecule has 100 valence electrons. The number of amides is 1. The van der Waals surface area contributed by atoms with Gasteiger partial charge in [-0.3, -0.25) is 4.79 Å². The summed E-state index contributed by atoms with van der Waals surface area (Å²) in [4.78, 5) is 12.0. The lowest BCUT2D eigenvalue weighted by molar-refractivity contribution is -0.186. The Morgan fingerprint density at radius 2 is 1.78 bits per heavy atom. The Morgan fingerprint density at radius 1 is 1.28 bits per heavy atom. The summed E-state index contributed by atoms with van der Waals surface area (Å²) in [6.45, 7) is 1.80. The van der Waals surface area contributed by atoms with Crippen molar-refractivity contribution in [1.82, 2.24) is 4.90 Å². The van der Waals surface area contributed by atoms with Crippen LogP contribution in [-0.2, 0) is 11.3 Å². The SMILES string of the molecule is CC(=O)N(Cc1ccc(F)cc1)C(C)C(F)(F)F. The fourth-order valence-electron chi connectivity index (χ4n) is 1.48. The molecule has 1 atom stereocenters. The van der Waals surface area contributed by atoms with E-state index >= 15 is 0 Å². The number of carbonyl (C=O) groups is 1. The third-order valence-corrected chi connectivity index (χ3v) is 2.61. The molecule has 1 unspecified atom stereocenters. The normalized spacial score (nSPS) is 13.2. The Bertz CT molecular complexity index is 413. The first-order valence-corrected chi connectivity index (χ1v) is 5.30. The molecule has 0 aliphatic carbocycles. The first-order valence-electron chi connectivity index (χ1n) is 5.30. The van der Waals surface area contributed by atoms with Crippen molar-refractivity contribution in [2.24, 2.45) is 0 Å². The second kappa shape index (κ2) is 5.37. The molecule has 1 amide bonds. The molecule has 0 saturated carbocycles. The molecule has 0 fully saturated rings. The van der Waals surface area contributed by atoms with Gasteiger partial charge in [-0.2, -0.15) is 13.2 Å². The highest BCUT2D eigenvalue weighted by Gasteiger charge is 2.41. The number of rotatable bonds is 3.